The van der Waals surface area contributed by atoms with Crippen molar-refractivity contribution < 1.29 is 23.9 Å². The Morgan fingerprint density at radius 2 is 1.48 bits per heavy atom. The second kappa shape index (κ2) is 16.6. The van der Waals surface area contributed by atoms with E-state index in [4.69, 9.17) is 4.74 Å². The molecule has 4 amide bonds. The van der Waals surface area contributed by atoms with Crippen LogP contribution in [-0.4, -0.2) is 107 Å². The number of cyclic esters (lactones) is 1. The first kappa shape index (κ1) is 35.4. The summed E-state index contributed by atoms with van der Waals surface area (Å²) < 4.78 is 5.54. The molecule has 272 valence electrons. The van der Waals surface area contributed by atoms with E-state index in [1.54, 1.807) is 4.90 Å². The molecule has 0 radical (unpaired) electrons. The summed E-state index contributed by atoms with van der Waals surface area (Å²) in [5, 5.41) is 3.18. The van der Waals surface area contributed by atoms with Gasteiger partial charge in [-0.05, 0) is 36.0 Å². The van der Waals surface area contributed by atoms with Crippen LogP contribution in [0.2, 0.25) is 0 Å². The van der Waals surface area contributed by atoms with Crippen molar-refractivity contribution in [1.29, 1.82) is 0 Å². The lowest BCUT2D eigenvalue weighted by atomic mass is 9.87. The van der Waals surface area contributed by atoms with Crippen LogP contribution >= 0.6 is 0 Å². The Labute approximate surface area is 306 Å². The smallest absolute Gasteiger partial charge is 0.411 e. The summed E-state index contributed by atoms with van der Waals surface area (Å²) in [5.41, 5.74) is 3.07. The van der Waals surface area contributed by atoms with Crippen LogP contribution in [0.15, 0.2) is 97.1 Å². The van der Waals surface area contributed by atoms with Crippen LogP contribution in [-0.2, 0) is 25.5 Å². The van der Waals surface area contributed by atoms with E-state index in [2.05, 4.69) is 34.5 Å². The number of nitrogens with zero attached hydrogens (tertiary/aromatic N) is 4. The van der Waals surface area contributed by atoms with Crippen LogP contribution in [0, 0.1) is 0 Å². The topological polar surface area (TPSA) is 103 Å². The van der Waals surface area contributed by atoms with Gasteiger partial charge in [0.25, 0.3) is 0 Å². The SMILES string of the molecule is O=C(C[C@@H](C(=O)N1CCN(CCc2ccccc2)CC1)N1C(=O)[C@@H](N2C(=O)OC[C@@H]2c2ccccc2)[C@H]1/C=C/c1ccccc1)NC1CCCCC1. The van der Waals surface area contributed by atoms with Crippen molar-refractivity contribution in [2.75, 3.05) is 39.3 Å². The van der Waals surface area contributed by atoms with Gasteiger partial charge in [-0.3, -0.25) is 24.2 Å². The maximum atomic E-state index is 14.6. The second-order valence-corrected chi connectivity index (χ2v) is 14.4. The molecule has 1 aliphatic carbocycles. The number of carbonyl (C=O) groups excluding carboxylic acids is 4. The van der Waals surface area contributed by atoms with Crippen LogP contribution in [0.3, 0.4) is 0 Å². The second-order valence-electron chi connectivity index (χ2n) is 14.4. The zero-order valence-electron chi connectivity index (χ0n) is 29.7. The number of rotatable bonds is 12. The van der Waals surface area contributed by atoms with Gasteiger partial charge < -0.3 is 19.9 Å². The van der Waals surface area contributed by atoms with Crippen molar-refractivity contribution in [3.8, 4) is 0 Å². The van der Waals surface area contributed by atoms with E-state index in [0.717, 1.165) is 56.2 Å². The van der Waals surface area contributed by atoms with Gasteiger partial charge in [0.05, 0.1) is 18.5 Å². The number of hydrogen-bond donors (Lipinski definition) is 1. The molecular formula is C42H49N5O5. The molecule has 0 unspecified atom stereocenters. The molecule has 4 aliphatic rings. The third-order valence-corrected chi connectivity index (χ3v) is 11.0. The minimum Gasteiger partial charge on any atom is -0.447 e. The number of β-lactam (4-membered cyclic amide) rings is 1. The first-order valence-electron chi connectivity index (χ1n) is 18.9. The number of carbonyl (C=O) groups is 4. The Morgan fingerprint density at radius 3 is 2.17 bits per heavy atom. The van der Waals surface area contributed by atoms with Gasteiger partial charge >= 0.3 is 6.09 Å². The van der Waals surface area contributed by atoms with Crippen LogP contribution in [0.25, 0.3) is 6.08 Å². The van der Waals surface area contributed by atoms with Crippen LogP contribution < -0.4 is 5.32 Å². The van der Waals surface area contributed by atoms with Gasteiger partial charge in [0.1, 0.15) is 18.7 Å². The lowest BCUT2D eigenvalue weighted by molar-refractivity contribution is -0.167. The van der Waals surface area contributed by atoms with Crippen molar-refractivity contribution in [2.45, 2.75) is 75.2 Å². The molecule has 4 atom stereocenters. The Hall–Kier alpha value is -4.96. The quantitative estimate of drug-likeness (QED) is 0.265. The molecule has 3 saturated heterocycles. The maximum Gasteiger partial charge on any atom is 0.411 e. The fourth-order valence-electron chi connectivity index (χ4n) is 8.15. The van der Waals surface area contributed by atoms with Gasteiger partial charge in [-0.1, -0.05) is 122 Å². The Bertz CT molecular complexity index is 1710. The summed E-state index contributed by atoms with van der Waals surface area (Å²) >= 11 is 0. The molecule has 3 aromatic carbocycles. The molecule has 10 heteroatoms. The maximum absolute atomic E-state index is 14.6. The number of likely N-dealkylation sites (tertiary alicyclic amines) is 1. The van der Waals surface area contributed by atoms with E-state index >= 15 is 0 Å². The molecule has 52 heavy (non-hydrogen) atoms. The number of hydrogen-bond acceptors (Lipinski definition) is 6. The summed E-state index contributed by atoms with van der Waals surface area (Å²) in [6, 6.07) is 26.8. The van der Waals surface area contributed by atoms with E-state index < -0.39 is 30.3 Å². The number of nitrogens with one attached hydrogen (secondary N) is 1. The minimum absolute atomic E-state index is 0.0739. The average molecular weight is 704 g/mol. The largest absolute Gasteiger partial charge is 0.447 e. The van der Waals surface area contributed by atoms with Gasteiger partial charge in [-0.15, -0.1) is 0 Å². The van der Waals surface area contributed by atoms with Gasteiger partial charge in [-0.25, -0.2) is 4.79 Å². The highest BCUT2D eigenvalue weighted by molar-refractivity contribution is 5.99. The molecule has 7 rings (SSSR count). The van der Waals surface area contributed by atoms with Gasteiger partial charge in [0, 0.05) is 38.8 Å². The van der Waals surface area contributed by atoms with E-state index in [0.29, 0.717) is 26.2 Å². The number of piperazine rings is 1. The highest BCUT2D eigenvalue weighted by atomic mass is 16.6. The third-order valence-electron chi connectivity index (χ3n) is 11.0. The predicted molar refractivity (Wildman–Crippen MR) is 199 cm³/mol. The first-order chi connectivity index (χ1) is 25.5. The number of ether oxygens (including phenoxy) is 1. The first-order valence-corrected chi connectivity index (χ1v) is 18.9. The molecule has 3 heterocycles. The van der Waals surface area contributed by atoms with Crippen LogP contribution in [0.5, 0.6) is 0 Å². The molecule has 3 aliphatic heterocycles. The van der Waals surface area contributed by atoms with E-state index in [1.165, 1.54) is 10.5 Å². The molecule has 10 nitrogen and oxygen atoms in total. The summed E-state index contributed by atoms with van der Waals surface area (Å²) in [4.78, 5) is 63.4. The van der Waals surface area contributed by atoms with Crippen molar-refractivity contribution in [3.63, 3.8) is 0 Å². The van der Waals surface area contributed by atoms with Crippen molar-refractivity contribution in [2.24, 2.45) is 0 Å². The van der Waals surface area contributed by atoms with Crippen LogP contribution in [0.1, 0.15) is 61.3 Å². The fourth-order valence-corrected chi connectivity index (χ4v) is 8.15. The Kier molecular flexibility index (Phi) is 11.3. The lowest BCUT2D eigenvalue weighted by Gasteiger charge is -2.53. The van der Waals surface area contributed by atoms with Crippen molar-refractivity contribution in [1.82, 2.24) is 24.9 Å². The Morgan fingerprint density at radius 1 is 0.827 bits per heavy atom. The summed E-state index contributed by atoms with van der Waals surface area (Å²) in [6.07, 6.45) is 9.18. The van der Waals surface area contributed by atoms with E-state index in [1.807, 2.05) is 83.8 Å². The number of benzene rings is 3. The van der Waals surface area contributed by atoms with E-state index in [-0.39, 0.29) is 36.8 Å². The molecule has 1 saturated carbocycles. The molecule has 1 N–H and O–H groups in total. The minimum atomic E-state index is -1.01. The van der Waals surface area contributed by atoms with Crippen molar-refractivity contribution in [3.05, 3.63) is 114 Å². The molecule has 3 aromatic rings. The van der Waals surface area contributed by atoms with E-state index in [9.17, 15) is 19.2 Å². The lowest BCUT2D eigenvalue weighted by Crippen LogP contribution is -2.75. The zero-order chi connectivity index (χ0) is 35.9. The highest BCUT2D eigenvalue weighted by Gasteiger charge is 2.58. The molecule has 0 aromatic heterocycles. The predicted octanol–water partition coefficient (Wildman–Crippen LogP) is 5.07. The summed E-state index contributed by atoms with van der Waals surface area (Å²) in [6.45, 7) is 3.48. The van der Waals surface area contributed by atoms with Gasteiger partial charge in [-0.2, -0.15) is 0 Å². The summed E-state index contributed by atoms with van der Waals surface area (Å²) in [7, 11) is 0. The molecule has 4 fully saturated rings. The molecular weight excluding hydrogens is 654 g/mol. The monoisotopic (exact) mass is 703 g/mol. The standard InChI is InChI=1S/C42H49N5O5/c48-38(43-34-19-11-4-12-20-34)29-36(40(49)45-27-25-44(26-28-45)24-23-32-15-7-2-8-16-32)46-35(22-21-31-13-5-1-6-14-31)39(41(46)50)47-37(30-52-42(47)51)33-17-9-3-10-18-33/h1-3,5-10,13-18,21-22,34-37,39H,4,11-12,19-20,23-30H2,(H,43,48)/b22-21+/t35-,36+,37-,39+/m1/s1. The normalized spacial score (nSPS) is 23.4. The highest BCUT2D eigenvalue weighted by Crippen LogP contribution is 2.39. The van der Waals surface area contributed by atoms with Crippen molar-refractivity contribution >= 4 is 29.9 Å². The summed E-state index contributed by atoms with van der Waals surface area (Å²) in [5.74, 6) is -0.806. The fraction of sp³-hybridized carbons (Fsp3) is 0.429. The Balaban J connectivity index is 1.14. The average Bonchev–Trinajstić information content (AvgIpc) is 3.56. The van der Waals surface area contributed by atoms with Gasteiger partial charge in [0.15, 0.2) is 0 Å². The third kappa shape index (κ3) is 8.07. The van der Waals surface area contributed by atoms with Gasteiger partial charge in [0.2, 0.25) is 17.7 Å². The van der Waals surface area contributed by atoms with Crippen LogP contribution in [0.4, 0.5) is 4.79 Å². The molecule has 0 bridgehead atoms. The molecule has 0 spiro atoms. The number of amides is 4. The zero-order valence-corrected chi connectivity index (χ0v) is 29.7.